The minimum Gasteiger partial charge on any atom is -0.361 e. The van der Waals surface area contributed by atoms with Crippen molar-refractivity contribution in [2.24, 2.45) is 0 Å². The Labute approximate surface area is 71.6 Å². The molecule has 0 aliphatic heterocycles. The monoisotopic (exact) mass is 160 g/mol. The van der Waals surface area contributed by atoms with Crippen LogP contribution in [0.3, 0.4) is 0 Å². The van der Waals surface area contributed by atoms with Gasteiger partial charge in [0.15, 0.2) is 0 Å². The van der Waals surface area contributed by atoms with Crippen LogP contribution < -0.4 is 0 Å². The predicted molar refractivity (Wildman–Crippen MR) is 50.2 cm³/mol. The summed E-state index contributed by atoms with van der Waals surface area (Å²) in [7, 11) is 0. The fraction of sp³-hybridized carbons (Fsp3) is 0.300. The largest absolute Gasteiger partial charge is 0.361 e. The molecule has 0 fully saturated rings. The number of fused-ring (bicyclic) bond motifs is 1. The summed E-state index contributed by atoms with van der Waals surface area (Å²) in [4.78, 5) is 7.34. The second kappa shape index (κ2) is 2.63. The average Bonchev–Trinajstić information content (AvgIpc) is 2.47. The average molecular weight is 160 g/mol. The topological polar surface area (TPSA) is 28.7 Å². The van der Waals surface area contributed by atoms with E-state index in [1.807, 2.05) is 18.5 Å². The number of hydrogen-bond acceptors (Lipinski definition) is 1. The number of aromatic nitrogens is 2. The van der Waals surface area contributed by atoms with Gasteiger partial charge in [-0.1, -0.05) is 13.8 Å². The molecule has 62 valence electrons. The number of pyridine rings is 1. The molecule has 1 N–H and O–H groups in total. The van der Waals surface area contributed by atoms with E-state index < -0.39 is 0 Å². The van der Waals surface area contributed by atoms with E-state index in [1.54, 1.807) is 0 Å². The minimum atomic E-state index is 0.558. The number of nitrogens with one attached hydrogen (secondary N) is 1. The molecule has 12 heavy (non-hydrogen) atoms. The lowest BCUT2D eigenvalue weighted by Crippen LogP contribution is -1.83. The van der Waals surface area contributed by atoms with E-state index in [-0.39, 0.29) is 0 Å². The molecule has 2 aromatic rings. The van der Waals surface area contributed by atoms with Crippen LogP contribution in [0, 0.1) is 0 Å². The molecule has 0 aromatic carbocycles. The van der Waals surface area contributed by atoms with E-state index >= 15 is 0 Å². The van der Waals surface area contributed by atoms with Crippen molar-refractivity contribution in [2.45, 2.75) is 19.8 Å². The van der Waals surface area contributed by atoms with Gasteiger partial charge < -0.3 is 4.98 Å². The van der Waals surface area contributed by atoms with Gasteiger partial charge in [0.2, 0.25) is 0 Å². The standard InChI is InChI=1S/C10H12N2/c1-7(2)8-6-12-10-3-4-11-5-9(8)10/h3-7,12H,1-2H3. The number of rotatable bonds is 1. The minimum absolute atomic E-state index is 0.558. The van der Waals surface area contributed by atoms with Crippen molar-refractivity contribution in [3.8, 4) is 0 Å². The van der Waals surface area contributed by atoms with Crippen molar-refractivity contribution in [1.82, 2.24) is 9.97 Å². The lowest BCUT2D eigenvalue weighted by molar-refractivity contribution is 0.875. The maximum absolute atomic E-state index is 4.11. The lowest BCUT2D eigenvalue weighted by Gasteiger charge is -2.00. The molecule has 0 aliphatic carbocycles. The predicted octanol–water partition coefficient (Wildman–Crippen LogP) is 2.69. The molecule has 0 amide bonds. The Bertz CT molecular complexity index is 387. The normalized spacial score (nSPS) is 11.2. The summed E-state index contributed by atoms with van der Waals surface area (Å²) in [6.45, 7) is 4.38. The fourth-order valence-corrected chi connectivity index (χ4v) is 1.46. The van der Waals surface area contributed by atoms with Crippen molar-refractivity contribution in [2.75, 3.05) is 0 Å². The third-order valence-corrected chi connectivity index (χ3v) is 2.14. The molecule has 2 aromatic heterocycles. The summed E-state index contributed by atoms with van der Waals surface area (Å²) in [6, 6.07) is 2.00. The Kier molecular flexibility index (Phi) is 1.61. The van der Waals surface area contributed by atoms with Gasteiger partial charge in [0, 0.05) is 29.5 Å². The van der Waals surface area contributed by atoms with Crippen molar-refractivity contribution in [3.63, 3.8) is 0 Å². The van der Waals surface area contributed by atoms with Gasteiger partial charge in [0.25, 0.3) is 0 Å². The van der Waals surface area contributed by atoms with Gasteiger partial charge in [-0.25, -0.2) is 0 Å². The van der Waals surface area contributed by atoms with Gasteiger partial charge in [-0.05, 0) is 17.5 Å². The Morgan fingerprint density at radius 1 is 1.42 bits per heavy atom. The summed E-state index contributed by atoms with van der Waals surface area (Å²) >= 11 is 0. The van der Waals surface area contributed by atoms with Gasteiger partial charge in [-0.3, -0.25) is 4.98 Å². The summed E-state index contributed by atoms with van der Waals surface area (Å²) in [5.74, 6) is 0.558. The maximum atomic E-state index is 4.11. The summed E-state index contributed by atoms with van der Waals surface area (Å²) < 4.78 is 0. The molecular weight excluding hydrogens is 148 g/mol. The Morgan fingerprint density at radius 3 is 3.00 bits per heavy atom. The first-order chi connectivity index (χ1) is 5.79. The molecule has 0 bridgehead atoms. The summed E-state index contributed by atoms with van der Waals surface area (Å²) in [5.41, 5.74) is 2.52. The van der Waals surface area contributed by atoms with E-state index in [2.05, 4.69) is 30.0 Å². The Hall–Kier alpha value is -1.31. The molecule has 0 unspecified atom stereocenters. The van der Waals surface area contributed by atoms with Gasteiger partial charge in [-0.15, -0.1) is 0 Å². The first-order valence-corrected chi connectivity index (χ1v) is 4.20. The van der Waals surface area contributed by atoms with Crippen molar-refractivity contribution < 1.29 is 0 Å². The van der Waals surface area contributed by atoms with E-state index in [0.717, 1.165) is 0 Å². The Morgan fingerprint density at radius 2 is 2.25 bits per heavy atom. The lowest BCUT2D eigenvalue weighted by atomic mass is 10.0. The van der Waals surface area contributed by atoms with Crippen molar-refractivity contribution in [1.29, 1.82) is 0 Å². The molecule has 0 radical (unpaired) electrons. The first kappa shape index (κ1) is 7.35. The zero-order chi connectivity index (χ0) is 8.55. The highest BCUT2D eigenvalue weighted by molar-refractivity contribution is 5.82. The molecule has 2 nitrogen and oxygen atoms in total. The Balaban J connectivity index is 2.70. The van der Waals surface area contributed by atoms with Crippen molar-refractivity contribution in [3.05, 3.63) is 30.2 Å². The van der Waals surface area contributed by atoms with Crippen molar-refractivity contribution >= 4 is 10.9 Å². The maximum Gasteiger partial charge on any atom is 0.0487 e. The van der Waals surface area contributed by atoms with Gasteiger partial charge >= 0.3 is 0 Å². The number of aromatic amines is 1. The summed E-state index contributed by atoms with van der Waals surface area (Å²) in [5, 5.41) is 1.24. The first-order valence-electron chi connectivity index (χ1n) is 4.20. The van der Waals surface area contributed by atoms with Crippen LogP contribution in [0.1, 0.15) is 25.3 Å². The quantitative estimate of drug-likeness (QED) is 0.682. The fourth-order valence-electron chi connectivity index (χ4n) is 1.46. The van der Waals surface area contributed by atoms with E-state index in [9.17, 15) is 0 Å². The number of H-pyrrole nitrogens is 1. The van der Waals surface area contributed by atoms with Crippen LogP contribution >= 0.6 is 0 Å². The summed E-state index contributed by atoms with van der Waals surface area (Å²) in [6.07, 6.45) is 5.79. The molecule has 2 rings (SSSR count). The number of hydrogen-bond donors (Lipinski definition) is 1. The highest BCUT2D eigenvalue weighted by Gasteiger charge is 2.05. The van der Waals surface area contributed by atoms with Crippen LogP contribution in [0.2, 0.25) is 0 Å². The molecule has 2 heteroatoms. The second-order valence-electron chi connectivity index (χ2n) is 3.32. The SMILES string of the molecule is CC(C)c1c[nH]c2ccncc12. The second-order valence-corrected chi connectivity index (χ2v) is 3.32. The van der Waals surface area contributed by atoms with E-state index in [1.165, 1.54) is 16.5 Å². The molecular formula is C10H12N2. The van der Waals surface area contributed by atoms with Crippen LogP contribution in [0.15, 0.2) is 24.7 Å². The third kappa shape index (κ3) is 0.998. The van der Waals surface area contributed by atoms with E-state index in [0.29, 0.717) is 5.92 Å². The van der Waals surface area contributed by atoms with E-state index in [4.69, 9.17) is 0 Å². The third-order valence-electron chi connectivity index (χ3n) is 2.14. The van der Waals surface area contributed by atoms with Crippen LogP contribution in [0.25, 0.3) is 10.9 Å². The molecule has 0 spiro atoms. The van der Waals surface area contributed by atoms with Crippen LogP contribution in [0.4, 0.5) is 0 Å². The highest BCUT2D eigenvalue weighted by atomic mass is 14.7. The van der Waals surface area contributed by atoms with Crippen LogP contribution in [-0.4, -0.2) is 9.97 Å². The molecule has 0 atom stereocenters. The zero-order valence-electron chi connectivity index (χ0n) is 7.33. The van der Waals surface area contributed by atoms with Gasteiger partial charge in [0.1, 0.15) is 0 Å². The smallest absolute Gasteiger partial charge is 0.0487 e. The molecule has 2 heterocycles. The highest BCUT2D eigenvalue weighted by Crippen LogP contribution is 2.23. The zero-order valence-corrected chi connectivity index (χ0v) is 7.33. The molecule has 0 aliphatic rings. The molecule has 0 saturated carbocycles. The van der Waals surface area contributed by atoms with Gasteiger partial charge in [0.05, 0.1) is 0 Å². The van der Waals surface area contributed by atoms with Gasteiger partial charge in [-0.2, -0.15) is 0 Å². The number of nitrogens with zero attached hydrogens (tertiary/aromatic N) is 1. The molecule has 0 saturated heterocycles. The van der Waals surface area contributed by atoms with Crippen LogP contribution in [0.5, 0.6) is 0 Å². The van der Waals surface area contributed by atoms with Crippen LogP contribution in [-0.2, 0) is 0 Å².